The molecule has 0 unspecified atom stereocenters. The van der Waals surface area contributed by atoms with Crippen LogP contribution in [0, 0.1) is 11.6 Å². The van der Waals surface area contributed by atoms with Gasteiger partial charge in [-0.15, -0.1) is 0 Å². The van der Waals surface area contributed by atoms with Crippen molar-refractivity contribution in [2.24, 2.45) is 0 Å². The van der Waals surface area contributed by atoms with Crippen molar-refractivity contribution in [3.63, 3.8) is 0 Å². The van der Waals surface area contributed by atoms with Crippen molar-refractivity contribution in [1.29, 1.82) is 0 Å². The first-order valence-corrected chi connectivity index (χ1v) is 5.59. The fourth-order valence-corrected chi connectivity index (χ4v) is 1.47. The van der Waals surface area contributed by atoms with Gasteiger partial charge in [-0.1, -0.05) is 0 Å². The number of anilines is 1. The highest BCUT2D eigenvalue weighted by molar-refractivity contribution is 5.95. The van der Waals surface area contributed by atoms with E-state index in [4.69, 9.17) is 5.73 Å². The lowest BCUT2D eigenvalue weighted by molar-refractivity contribution is 0.0948. The molecule has 1 aromatic rings. The van der Waals surface area contributed by atoms with E-state index < -0.39 is 17.5 Å². The predicted octanol–water partition coefficient (Wildman–Crippen LogP) is 1.23. The number of carbonyl (C=O) groups is 1. The summed E-state index contributed by atoms with van der Waals surface area (Å²) in [6.45, 7) is 1.20. The van der Waals surface area contributed by atoms with Crippen LogP contribution in [0.25, 0.3) is 0 Å². The Morgan fingerprint density at radius 3 is 2.67 bits per heavy atom. The maximum absolute atomic E-state index is 13.5. The van der Waals surface area contributed by atoms with Gasteiger partial charge >= 0.3 is 0 Å². The van der Waals surface area contributed by atoms with E-state index in [0.717, 1.165) is 25.1 Å². The molecule has 0 heterocycles. The molecule has 18 heavy (non-hydrogen) atoms. The fourth-order valence-electron chi connectivity index (χ4n) is 1.47. The molecule has 1 amide bonds. The van der Waals surface area contributed by atoms with Crippen molar-refractivity contribution in [2.45, 2.75) is 6.42 Å². The molecule has 0 aromatic heterocycles. The van der Waals surface area contributed by atoms with Gasteiger partial charge in [0.15, 0.2) is 5.82 Å². The zero-order chi connectivity index (χ0) is 13.7. The van der Waals surface area contributed by atoms with Crippen LogP contribution in [0.4, 0.5) is 14.5 Å². The molecule has 0 spiro atoms. The summed E-state index contributed by atoms with van der Waals surface area (Å²) in [5.41, 5.74) is 4.52. The van der Waals surface area contributed by atoms with Crippen LogP contribution in [0.5, 0.6) is 0 Å². The first kappa shape index (κ1) is 14.4. The van der Waals surface area contributed by atoms with Crippen LogP contribution in [0.15, 0.2) is 12.1 Å². The summed E-state index contributed by atoms with van der Waals surface area (Å²) in [5, 5.41) is 2.52. The molecule has 0 saturated heterocycles. The lowest BCUT2D eigenvalue weighted by atomic mass is 10.1. The number of carbonyl (C=O) groups excluding carboxylic acids is 1. The SMILES string of the molecule is CN(C)CCCNC(=O)c1cc(F)cc(N)c1F. The van der Waals surface area contributed by atoms with Gasteiger partial charge in [-0.25, -0.2) is 8.78 Å². The second-order valence-electron chi connectivity index (χ2n) is 4.27. The maximum atomic E-state index is 13.5. The highest BCUT2D eigenvalue weighted by atomic mass is 19.1. The highest BCUT2D eigenvalue weighted by Gasteiger charge is 2.15. The van der Waals surface area contributed by atoms with Crippen LogP contribution in [0.2, 0.25) is 0 Å². The molecule has 0 atom stereocenters. The number of nitrogens with one attached hydrogen (secondary N) is 1. The molecule has 1 rings (SSSR count). The number of halogens is 2. The smallest absolute Gasteiger partial charge is 0.254 e. The quantitative estimate of drug-likeness (QED) is 0.616. The van der Waals surface area contributed by atoms with E-state index in [9.17, 15) is 13.6 Å². The number of nitrogens with zero attached hydrogens (tertiary/aromatic N) is 1. The molecule has 4 nitrogen and oxygen atoms in total. The Hall–Kier alpha value is -1.69. The second kappa shape index (κ2) is 6.30. The molecule has 0 fully saturated rings. The van der Waals surface area contributed by atoms with Crippen LogP contribution >= 0.6 is 0 Å². The van der Waals surface area contributed by atoms with Crippen LogP contribution in [-0.4, -0.2) is 38.0 Å². The molecule has 0 radical (unpaired) electrons. The minimum atomic E-state index is -0.887. The summed E-state index contributed by atoms with van der Waals surface area (Å²) in [6, 6.07) is 1.69. The zero-order valence-electron chi connectivity index (χ0n) is 10.5. The third-order valence-corrected chi connectivity index (χ3v) is 2.38. The first-order chi connectivity index (χ1) is 8.41. The lowest BCUT2D eigenvalue weighted by Crippen LogP contribution is -2.28. The molecular weight excluding hydrogens is 240 g/mol. The molecular formula is C12H17F2N3O. The van der Waals surface area contributed by atoms with Crippen molar-refractivity contribution >= 4 is 11.6 Å². The van der Waals surface area contributed by atoms with Gasteiger partial charge in [-0.3, -0.25) is 4.79 Å². The fraction of sp³-hybridized carbons (Fsp3) is 0.417. The predicted molar refractivity (Wildman–Crippen MR) is 66.3 cm³/mol. The Labute approximate surface area is 105 Å². The van der Waals surface area contributed by atoms with Gasteiger partial charge in [-0.2, -0.15) is 0 Å². The average Bonchev–Trinajstić information content (AvgIpc) is 2.28. The maximum Gasteiger partial charge on any atom is 0.254 e. The summed E-state index contributed by atoms with van der Waals surface area (Å²) in [4.78, 5) is 13.6. The number of nitrogen functional groups attached to an aromatic ring is 1. The number of amides is 1. The molecule has 100 valence electrons. The van der Waals surface area contributed by atoms with Crippen molar-refractivity contribution in [3.05, 3.63) is 29.3 Å². The first-order valence-electron chi connectivity index (χ1n) is 5.59. The number of benzene rings is 1. The summed E-state index contributed by atoms with van der Waals surface area (Å²) in [5.74, 6) is -2.27. The Balaban J connectivity index is 2.62. The number of rotatable bonds is 5. The van der Waals surface area contributed by atoms with Crippen LogP contribution in [0.1, 0.15) is 16.8 Å². The largest absolute Gasteiger partial charge is 0.396 e. The average molecular weight is 257 g/mol. The van der Waals surface area contributed by atoms with E-state index in [1.807, 2.05) is 19.0 Å². The molecule has 0 saturated carbocycles. The summed E-state index contributed by atoms with van der Waals surface area (Å²) >= 11 is 0. The summed E-state index contributed by atoms with van der Waals surface area (Å²) < 4.78 is 26.5. The molecule has 0 aliphatic heterocycles. The Morgan fingerprint density at radius 2 is 2.06 bits per heavy atom. The van der Waals surface area contributed by atoms with Crippen molar-refractivity contribution in [3.8, 4) is 0 Å². The van der Waals surface area contributed by atoms with E-state index in [1.165, 1.54) is 0 Å². The second-order valence-corrected chi connectivity index (χ2v) is 4.27. The van der Waals surface area contributed by atoms with Crippen LogP contribution < -0.4 is 11.1 Å². The third-order valence-electron chi connectivity index (χ3n) is 2.38. The van der Waals surface area contributed by atoms with Gasteiger partial charge in [0, 0.05) is 6.54 Å². The monoisotopic (exact) mass is 257 g/mol. The summed E-state index contributed by atoms with van der Waals surface area (Å²) in [7, 11) is 3.82. The minimum Gasteiger partial charge on any atom is -0.396 e. The van der Waals surface area contributed by atoms with Gasteiger partial charge in [-0.05, 0) is 39.2 Å². The normalized spacial score (nSPS) is 10.7. The van der Waals surface area contributed by atoms with Crippen molar-refractivity contribution < 1.29 is 13.6 Å². The lowest BCUT2D eigenvalue weighted by Gasteiger charge is -2.10. The van der Waals surface area contributed by atoms with Gasteiger partial charge < -0.3 is 16.0 Å². The Bertz CT molecular complexity index is 436. The number of hydrogen-bond acceptors (Lipinski definition) is 3. The van der Waals surface area contributed by atoms with Crippen LogP contribution in [0.3, 0.4) is 0 Å². The van der Waals surface area contributed by atoms with Crippen molar-refractivity contribution in [2.75, 3.05) is 32.9 Å². The molecule has 3 N–H and O–H groups in total. The highest BCUT2D eigenvalue weighted by Crippen LogP contribution is 2.17. The van der Waals surface area contributed by atoms with E-state index in [1.54, 1.807) is 0 Å². The standard InChI is InChI=1S/C12H17F2N3O/c1-17(2)5-3-4-16-12(18)9-6-8(13)7-10(15)11(9)14/h6-7H,3-5,15H2,1-2H3,(H,16,18). The summed E-state index contributed by atoms with van der Waals surface area (Å²) in [6.07, 6.45) is 0.727. The van der Waals surface area contributed by atoms with Gasteiger partial charge in [0.2, 0.25) is 0 Å². The van der Waals surface area contributed by atoms with E-state index in [-0.39, 0.29) is 11.3 Å². The third kappa shape index (κ3) is 3.96. The van der Waals surface area contributed by atoms with Crippen LogP contribution in [-0.2, 0) is 0 Å². The van der Waals surface area contributed by atoms with E-state index >= 15 is 0 Å². The van der Waals surface area contributed by atoms with Gasteiger partial charge in [0.1, 0.15) is 5.82 Å². The Morgan fingerprint density at radius 1 is 1.39 bits per heavy atom. The minimum absolute atomic E-state index is 0.364. The number of nitrogens with two attached hydrogens (primary N) is 1. The Kier molecular flexibility index (Phi) is 5.03. The van der Waals surface area contributed by atoms with Gasteiger partial charge in [0.05, 0.1) is 11.3 Å². The molecule has 6 heteroatoms. The van der Waals surface area contributed by atoms with E-state index in [2.05, 4.69) is 5.32 Å². The topological polar surface area (TPSA) is 58.4 Å². The molecule has 0 aliphatic carbocycles. The molecule has 0 aliphatic rings. The van der Waals surface area contributed by atoms with Crippen molar-refractivity contribution in [1.82, 2.24) is 10.2 Å². The number of hydrogen-bond donors (Lipinski definition) is 2. The molecule has 0 bridgehead atoms. The molecule has 1 aromatic carbocycles. The zero-order valence-corrected chi connectivity index (χ0v) is 10.5. The van der Waals surface area contributed by atoms with Gasteiger partial charge in [0.25, 0.3) is 5.91 Å². The van der Waals surface area contributed by atoms with E-state index in [0.29, 0.717) is 6.54 Å².